The Labute approximate surface area is 103 Å². The van der Waals surface area contributed by atoms with Gasteiger partial charge in [-0.2, -0.15) is 0 Å². The van der Waals surface area contributed by atoms with E-state index in [1.807, 2.05) is 34.6 Å². The second kappa shape index (κ2) is 4.31. The molecule has 1 fully saturated rings. The Hall–Kier alpha value is -1.06. The predicted molar refractivity (Wildman–Crippen MR) is 65.6 cm³/mol. The van der Waals surface area contributed by atoms with Crippen LogP contribution in [0.15, 0.2) is 0 Å². The number of likely N-dealkylation sites (tertiary alicyclic amines) is 1. The lowest BCUT2D eigenvalue weighted by Crippen LogP contribution is -2.58. The fourth-order valence-electron chi connectivity index (χ4n) is 2.51. The van der Waals surface area contributed by atoms with E-state index in [0.29, 0.717) is 6.54 Å². The Morgan fingerprint density at radius 2 is 1.82 bits per heavy atom. The maximum atomic E-state index is 12.3. The summed E-state index contributed by atoms with van der Waals surface area (Å²) in [6.45, 7) is 9.89. The molecule has 0 spiro atoms. The zero-order valence-corrected chi connectivity index (χ0v) is 11.4. The summed E-state index contributed by atoms with van der Waals surface area (Å²) >= 11 is 0. The highest BCUT2D eigenvalue weighted by Gasteiger charge is 2.46. The Kier molecular flexibility index (Phi) is 3.55. The summed E-state index contributed by atoms with van der Waals surface area (Å²) in [7, 11) is 0. The molecule has 0 aromatic heterocycles. The molecule has 17 heavy (non-hydrogen) atoms. The van der Waals surface area contributed by atoms with E-state index in [-0.39, 0.29) is 11.3 Å². The first-order valence-electron chi connectivity index (χ1n) is 6.11. The Bertz CT molecular complexity index is 328. The minimum Gasteiger partial charge on any atom is -0.480 e. The van der Waals surface area contributed by atoms with Gasteiger partial charge in [0.05, 0.1) is 0 Å². The molecule has 98 valence electrons. The summed E-state index contributed by atoms with van der Waals surface area (Å²) in [5, 5.41) is 9.37. The molecule has 0 saturated carbocycles. The molecule has 0 bridgehead atoms. The van der Waals surface area contributed by atoms with Gasteiger partial charge in [-0.1, -0.05) is 34.6 Å². The number of hydrogen-bond donors (Lipinski definition) is 1. The number of hydrogen-bond acceptors (Lipinski definition) is 2. The number of carboxylic acids is 1. The van der Waals surface area contributed by atoms with E-state index in [1.165, 1.54) is 0 Å². The van der Waals surface area contributed by atoms with Crippen molar-refractivity contribution in [3.63, 3.8) is 0 Å². The largest absolute Gasteiger partial charge is 0.480 e. The van der Waals surface area contributed by atoms with Crippen LogP contribution in [0.5, 0.6) is 0 Å². The number of aliphatic carboxylic acids is 1. The van der Waals surface area contributed by atoms with Gasteiger partial charge in [-0.15, -0.1) is 0 Å². The second-order valence-electron chi connectivity index (χ2n) is 6.58. The highest BCUT2D eigenvalue weighted by molar-refractivity contribution is 5.87. The maximum Gasteiger partial charge on any atom is 0.326 e. The molecular weight excluding hydrogens is 218 g/mol. The first kappa shape index (κ1) is 14.0. The molecule has 1 amide bonds. The second-order valence-corrected chi connectivity index (χ2v) is 6.58. The summed E-state index contributed by atoms with van der Waals surface area (Å²) in [4.78, 5) is 25.3. The molecule has 1 unspecified atom stereocenters. The summed E-state index contributed by atoms with van der Waals surface area (Å²) < 4.78 is 0. The first-order chi connectivity index (χ1) is 7.57. The molecule has 1 atom stereocenters. The van der Waals surface area contributed by atoms with E-state index in [4.69, 9.17) is 0 Å². The molecule has 0 aromatic rings. The van der Waals surface area contributed by atoms with Gasteiger partial charge in [0, 0.05) is 12.0 Å². The van der Waals surface area contributed by atoms with Crippen molar-refractivity contribution in [3.8, 4) is 0 Å². The van der Waals surface area contributed by atoms with Crippen LogP contribution in [0.25, 0.3) is 0 Å². The summed E-state index contributed by atoms with van der Waals surface area (Å²) in [5.41, 5.74) is -0.883. The summed E-state index contributed by atoms with van der Waals surface area (Å²) in [6, 6.07) is -0.706. The van der Waals surface area contributed by atoms with Crippen LogP contribution in [0.3, 0.4) is 0 Å². The van der Waals surface area contributed by atoms with Gasteiger partial charge in [-0.3, -0.25) is 4.79 Å². The van der Waals surface area contributed by atoms with Crippen LogP contribution in [0, 0.1) is 10.8 Å². The lowest BCUT2D eigenvalue weighted by Gasteiger charge is -2.45. The van der Waals surface area contributed by atoms with Crippen LogP contribution in [0.1, 0.15) is 47.5 Å². The lowest BCUT2D eigenvalue weighted by molar-refractivity contribution is -0.162. The molecule has 0 aliphatic carbocycles. The highest BCUT2D eigenvalue weighted by atomic mass is 16.4. The zero-order chi connectivity index (χ0) is 13.4. The maximum absolute atomic E-state index is 12.3. The van der Waals surface area contributed by atoms with Crippen molar-refractivity contribution in [3.05, 3.63) is 0 Å². The van der Waals surface area contributed by atoms with Gasteiger partial charge in [-0.05, 0) is 18.3 Å². The van der Waals surface area contributed by atoms with Gasteiger partial charge >= 0.3 is 5.97 Å². The summed E-state index contributed by atoms with van der Waals surface area (Å²) in [6.07, 6.45) is 1.72. The van der Waals surface area contributed by atoms with E-state index in [9.17, 15) is 14.7 Å². The van der Waals surface area contributed by atoms with E-state index in [1.54, 1.807) is 4.90 Å². The Balaban J connectivity index is 3.05. The topological polar surface area (TPSA) is 57.6 Å². The monoisotopic (exact) mass is 241 g/mol. The molecule has 0 radical (unpaired) electrons. The van der Waals surface area contributed by atoms with Gasteiger partial charge in [0.25, 0.3) is 0 Å². The average molecular weight is 241 g/mol. The molecule has 4 nitrogen and oxygen atoms in total. The molecule has 4 heteroatoms. The number of rotatable bonds is 1. The number of amides is 1. The minimum atomic E-state index is -0.896. The van der Waals surface area contributed by atoms with Crippen molar-refractivity contribution >= 4 is 11.9 Å². The third-order valence-electron chi connectivity index (χ3n) is 3.41. The highest BCUT2D eigenvalue weighted by Crippen LogP contribution is 2.37. The van der Waals surface area contributed by atoms with Crippen LogP contribution >= 0.6 is 0 Å². The molecule has 1 N–H and O–H groups in total. The van der Waals surface area contributed by atoms with Crippen molar-refractivity contribution < 1.29 is 14.7 Å². The van der Waals surface area contributed by atoms with Gasteiger partial charge < -0.3 is 10.0 Å². The fraction of sp³-hybridized carbons (Fsp3) is 0.846. The van der Waals surface area contributed by atoms with Crippen molar-refractivity contribution in [1.82, 2.24) is 4.90 Å². The Morgan fingerprint density at radius 3 is 2.24 bits per heavy atom. The van der Waals surface area contributed by atoms with E-state index < -0.39 is 17.4 Å². The number of carbonyl (C=O) groups is 2. The number of carboxylic acid groups (broad SMARTS) is 1. The molecule has 1 heterocycles. The van der Waals surface area contributed by atoms with Crippen LogP contribution in [-0.4, -0.2) is 34.5 Å². The van der Waals surface area contributed by atoms with Crippen LogP contribution in [-0.2, 0) is 9.59 Å². The van der Waals surface area contributed by atoms with Crippen LogP contribution in [0.4, 0.5) is 0 Å². The van der Waals surface area contributed by atoms with Gasteiger partial charge in [0.15, 0.2) is 0 Å². The third-order valence-corrected chi connectivity index (χ3v) is 3.41. The van der Waals surface area contributed by atoms with Gasteiger partial charge in [0.2, 0.25) is 5.91 Å². The van der Waals surface area contributed by atoms with Crippen molar-refractivity contribution in [2.45, 2.75) is 53.5 Å². The molecular formula is C13H23NO3. The number of carbonyl (C=O) groups excluding carboxylic acids is 1. The zero-order valence-electron chi connectivity index (χ0n) is 11.4. The number of piperidine rings is 1. The summed E-state index contributed by atoms with van der Waals surface area (Å²) in [5.74, 6) is -0.968. The molecule has 1 rings (SSSR count). The molecule has 1 aliphatic heterocycles. The normalized spacial score (nSPS) is 24.5. The van der Waals surface area contributed by atoms with Gasteiger partial charge in [-0.25, -0.2) is 4.79 Å². The lowest BCUT2D eigenvalue weighted by atomic mass is 9.75. The minimum absolute atomic E-state index is 0.0716. The van der Waals surface area contributed by atoms with Crippen molar-refractivity contribution in [1.29, 1.82) is 0 Å². The third kappa shape index (κ3) is 2.79. The van der Waals surface area contributed by atoms with Crippen molar-refractivity contribution in [2.24, 2.45) is 10.8 Å². The number of nitrogens with zero attached hydrogens (tertiary/aromatic N) is 1. The SMILES string of the molecule is CC(C)(C)C(=O)N1CCCC(C)(C)C1C(=O)O. The Morgan fingerprint density at radius 1 is 1.29 bits per heavy atom. The standard InChI is InChI=1S/C13H23NO3/c1-12(2,3)11(17)14-8-6-7-13(4,5)9(14)10(15)16/h9H,6-8H2,1-5H3,(H,15,16). The average Bonchev–Trinajstić information content (AvgIpc) is 2.12. The van der Waals surface area contributed by atoms with Crippen LogP contribution in [0.2, 0.25) is 0 Å². The molecule has 0 aromatic carbocycles. The fourth-order valence-corrected chi connectivity index (χ4v) is 2.51. The van der Waals surface area contributed by atoms with Crippen molar-refractivity contribution in [2.75, 3.05) is 6.54 Å². The van der Waals surface area contributed by atoms with Crippen LogP contribution < -0.4 is 0 Å². The molecule has 1 saturated heterocycles. The van der Waals surface area contributed by atoms with Gasteiger partial charge in [0.1, 0.15) is 6.04 Å². The van der Waals surface area contributed by atoms with E-state index in [2.05, 4.69) is 0 Å². The van der Waals surface area contributed by atoms with E-state index in [0.717, 1.165) is 12.8 Å². The first-order valence-corrected chi connectivity index (χ1v) is 6.11. The van der Waals surface area contributed by atoms with E-state index >= 15 is 0 Å². The molecule has 1 aliphatic rings. The predicted octanol–water partition coefficient (Wildman–Crippen LogP) is 2.13. The quantitative estimate of drug-likeness (QED) is 0.765. The smallest absolute Gasteiger partial charge is 0.326 e.